The van der Waals surface area contributed by atoms with Gasteiger partial charge < -0.3 is 5.32 Å². The van der Waals surface area contributed by atoms with Crippen molar-refractivity contribution in [3.8, 4) is 0 Å². The van der Waals surface area contributed by atoms with Gasteiger partial charge >= 0.3 is 0 Å². The molecule has 1 aliphatic carbocycles. The fourth-order valence-electron chi connectivity index (χ4n) is 2.74. The van der Waals surface area contributed by atoms with E-state index >= 15 is 0 Å². The number of nitrogens with one attached hydrogen (secondary N) is 2. The first kappa shape index (κ1) is 12.9. The Hall–Kier alpha value is -2.10. The SMILES string of the molecule is CCc1ccccc1Nc1nc2c(c(=O)[nH]1)CCCC2. The highest BCUT2D eigenvalue weighted by molar-refractivity contribution is 5.58. The predicted molar refractivity (Wildman–Crippen MR) is 80.6 cm³/mol. The van der Waals surface area contributed by atoms with Gasteiger partial charge in [0.15, 0.2) is 0 Å². The van der Waals surface area contributed by atoms with Crippen molar-refractivity contribution in [2.24, 2.45) is 0 Å². The first-order chi connectivity index (χ1) is 9.78. The Kier molecular flexibility index (Phi) is 3.54. The van der Waals surface area contributed by atoms with E-state index < -0.39 is 0 Å². The normalized spacial score (nSPS) is 13.8. The molecule has 1 aromatic carbocycles. The number of benzene rings is 1. The Morgan fingerprint density at radius 2 is 2.05 bits per heavy atom. The summed E-state index contributed by atoms with van der Waals surface area (Å²) in [6.07, 6.45) is 4.91. The molecule has 0 saturated carbocycles. The number of hydrogen-bond acceptors (Lipinski definition) is 3. The van der Waals surface area contributed by atoms with Crippen LogP contribution in [-0.4, -0.2) is 9.97 Å². The number of anilines is 2. The van der Waals surface area contributed by atoms with E-state index in [0.717, 1.165) is 49.0 Å². The molecule has 0 fully saturated rings. The molecule has 0 aliphatic heterocycles. The smallest absolute Gasteiger partial charge is 0.255 e. The minimum atomic E-state index is 0.00572. The van der Waals surface area contributed by atoms with Crippen LogP contribution in [0.15, 0.2) is 29.1 Å². The summed E-state index contributed by atoms with van der Waals surface area (Å²) in [4.78, 5) is 19.5. The maximum atomic E-state index is 12.1. The van der Waals surface area contributed by atoms with Crippen LogP contribution >= 0.6 is 0 Å². The van der Waals surface area contributed by atoms with Gasteiger partial charge in [-0.3, -0.25) is 9.78 Å². The van der Waals surface area contributed by atoms with Crippen molar-refractivity contribution in [2.45, 2.75) is 39.0 Å². The van der Waals surface area contributed by atoms with E-state index in [1.807, 2.05) is 18.2 Å². The Bertz CT molecular complexity index is 676. The van der Waals surface area contributed by atoms with Crippen molar-refractivity contribution >= 4 is 11.6 Å². The molecule has 0 bridgehead atoms. The topological polar surface area (TPSA) is 57.8 Å². The summed E-state index contributed by atoms with van der Waals surface area (Å²) in [7, 11) is 0. The van der Waals surface area contributed by atoms with Crippen LogP contribution in [0, 0.1) is 0 Å². The van der Waals surface area contributed by atoms with Crippen LogP contribution in [0.25, 0.3) is 0 Å². The lowest BCUT2D eigenvalue weighted by Gasteiger charge is -2.16. The number of rotatable bonds is 3. The van der Waals surface area contributed by atoms with Crippen LogP contribution in [0.5, 0.6) is 0 Å². The molecule has 104 valence electrons. The molecule has 1 aromatic heterocycles. The molecule has 1 aliphatic rings. The lowest BCUT2D eigenvalue weighted by atomic mass is 9.97. The summed E-state index contributed by atoms with van der Waals surface area (Å²) in [5.74, 6) is 0.552. The molecule has 3 rings (SSSR count). The van der Waals surface area contributed by atoms with Gasteiger partial charge in [-0.05, 0) is 43.7 Å². The largest absolute Gasteiger partial charge is 0.325 e. The maximum Gasteiger partial charge on any atom is 0.255 e. The van der Waals surface area contributed by atoms with Gasteiger partial charge in [-0.2, -0.15) is 0 Å². The van der Waals surface area contributed by atoms with Crippen molar-refractivity contribution in [2.75, 3.05) is 5.32 Å². The summed E-state index contributed by atoms with van der Waals surface area (Å²) in [6.45, 7) is 2.11. The third kappa shape index (κ3) is 2.46. The number of aromatic nitrogens is 2. The average Bonchev–Trinajstić information content (AvgIpc) is 2.48. The van der Waals surface area contributed by atoms with E-state index in [2.05, 4.69) is 28.3 Å². The fraction of sp³-hybridized carbons (Fsp3) is 0.375. The number of para-hydroxylation sites is 1. The summed E-state index contributed by atoms with van der Waals surface area (Å²) in [5, 5.41) is 3.25. The highest BCUT2D eigenvalue weighted by Gasteiger charge is 2.15. The second-order valence-corrected chi connectivity index (χ2v) is 5.18. The van der Waals surface area contributed by atoms with E-state index in [9.17, 15) is 4.79 Å². The molecule has 0 spiro atoms. The predicted octanol–water partition coefficient (Wildman–Crippen LogP) is 2.95. The number of aromatic amines is 1. The van der Waals surface area contributed by atoms with Crippen molar-refractivity contribution in [3.05, 3.63) is 51.4 Å². The Morgan fingerprint density at radius 3 is 2.90 bits per heavy atom. The monoisotopic (exact) mass is 269 g/mol. The first-order valence-corrected chi connectivity index (χ1v) is 7.25. The third-order valence-electron chi connectivity index (χ3n) is 3.84. The van der Waals surface area contributed by atoms with Gasteiger partial charge in [-0.25, -0.2) is 4.98 Å². The molecular weight excluding hydrogens is 250 g/mol. The summed E-state index contributed by atoms with van der Waals surface area (Å²) in [6, 6.07) is 8.10. The molecule has 0 unspecified atom stereocenters. The van der Waals surface area contributed by atoms with Crippen LogP contribution in [0.3, 0.4) is 0 Å². The highest BCUT2D eigenvalue weighted by Crippen LogP contribution is 2.21. The first-order valence-electron chi connectivity index (χ1n) is 7.25. The molecule has 0 amide bonds. The molecule has 4 heteroatoms. The van der Waals surface area contributed by atoms with Crippen LogP contribution in [-0.2, 0) is 19.3 Å². The summed E-state index contributed by atoms with van der Waals surface area (Å²) < 4.78 is 0. The summed E-state index contributed by atoms with van der Waals surface area (Å²) in [5.41, 5.74) is 4.05. The maximum absolute atomic E-state index is 12.1. The number of aryl methyl sites for hydroxylation is 2. The Labute approximate surface area is 118 Å². The zero-order valence-corrected chi connectivity index (χ0v) is 11.7. The average molecular weight is 269 g/mol. The standard InChI is InChI=1S/C16H19N3O/c1-2-11-7-3-5-9-13(11)17-16-18-14-10-6-4-8-12(14)15(20)19-16/h3,5,7,9H,2,4,6,8,10H2,1H3,(H2,17,18,19,20). The van der Waals surface area contributed by atoms with E-state index in [1.54, 1.807) is 0 Å². The summed E-state index contributed by atoms with van der Waals surface area (Å²) >= 11 is 0. The van der Waals surface area contributed by atoms with Gasteiger partial charge in [-0.1, -0.05) is 25.1 Å². The molecule has 20 heavy (non-hydrogen) atoms. The molecule has 0 atom stereocenters. The van der Waals surface area contributed by atoms with Gasteiger partial charge in [-0.15, -0.1) is 0 Å². The van der Waals surface area contributed by atoms with Crippen LogP contribution in [0.4, 0.5) is 11.6 Å². The Balaban J connectivity index is 1.95. The van der Waals surface area contributed by atoms with E-state index in [-0.39, 0.29) is 5.56 Å². The van der Waals surface area contributed by atoms with Gasteiger partial charge in [0.1, 0.15) is 0 Å². The zero-order valence-electron chi connectivity index (χ0n) is 11.7. The van der Waals surface area contributed by atoms with Crippen molar-refractivity contribution in [1.29, 1.82) is 0 Å². The van der Waals surface area contributed by atoms with Gasteiger partial charge in [0, 0.05) is 11.3 Å². The fourth-order valence-corrected chi connectivity index (χ4v) is 2.74. The van der Waals surface area contributed by atoms with Gasteiger partial charge in [0.05, 0.1) is 5.69 Å². The second-order valence-electron chi connectivity index (χ2n) is 5.18. The molecule has 1 heterocycles. The molecule has 4 nitrogen and oxygen atoms in total. The third-order valence-corrected chi connectivity index (χ3v) is 3.84. The number of nitrogens with zero attached hydrogens (tertiary/aromatic N) is 1. The second kappa shape index (κ2) is 5.49. The minimum absolute atomic E-state index is 0.00572. The molecule has 0 radical (unpaired) electrons. The quantitative estimate of drug-likeness (QED) is 0.900. The van der Waals surface area contributed by atoms with Crippen molar-refractivity contribution in [3.63, 3.8) is 0 Å². The van der Waals surface area contributed by atoms with Gasteiger partial charge in [0.2, 0.25) is 5.95 Å². The van der Waals surface area contributed by atoms with E-state index in [1.165, 1.54) is 5.56 Å². The molecular formula is C16H19N3O. The van der Waals surface area contributed by atoms with Crippen LogP contribution < -0.4 is 10.9 Å². The lowest BCUT2D eigenvalue weighted by molar-refractivity contribution is 0.658. The molecule has 2 aromatic rings. The highest BCUT2D eigenvalue weighted by atomic mass is 16.1. The Morgan fingerprint density at radius 1 is 1.25 bits per heavy atom. The van der Waals surface area contributed by atoms with Crippen LogP contribution in [0.2, 0.25) is 0 Å². The molecule has 0 saturated heterocycles. The zero-order chi connectivity index (χ0) is 13.9. The van der Waals surface area contributed by atoms with Gasteiger partial charge in [0.25, 0.3) is 5.56 Å². The number of fused-ring (bicyclic) bond motifs is 1. The minimum Gasteiger partial charge on any atom is -0.325 e. The number of hydrogen-bond donors (Lipinski definition) is 2. The van der Waals surface area contributed by atoms with E-state index in [4.69, 9.17) is 0 Å². The van der Waals surface area contributed by atoms with Crippen LogP contribution in [0.1, 0.15) is 36.6 Å². The lowest BCUT2D eigenvalue weighted by Crippen LogP contribution is -2.22. The number of H-pyrrole nitrogens is 1. The van der Waals surface area contributed by atoms with E-state index in [0.29, 0.717) is 5.95 Å². The van der Waals surface area contributed by atoms with Crippen molar-refractivity contribution in [1.82, 2.24) is 9.97 Å². The van der Waals surface area contributed by atoms with Crippen molar-refractivity contribution < 1.29 is 0 Å². The molecule has 2 N–H and O–H groups in total.